The van der Waals surface area contributed by atoms with Crippen molar-refractivity contribution in [3.8, 4) is 5.69 Å². The molecule has 134 valence electrons. The lowest BCUT2D eigenvalue weighted by Gasteiger charge is -2.23. The van der Waals surface area contributed by atoms with Crippen molar-refractivity contribution < 1.29 is 4.74 Å². The van der Waals surface area contributed by atoms with Crippen LogP contribution in [0.4, 0.5) is 0 Å². The maximum absolute atomic E-state index is 5.48. The Morgan fingerprint density at radius 1 is 1.32 bits per heavy atom. The van der Waals surface area contributed by atoms with Gasteiger partial charge in [0.25, 0.3) is 0 Å². The maximum Gasteiger partial charge on any atom is 0.143 e. The van der Waals surface area contributed by atoms with Gasteiger partial charge in [0.2, 0.25) is 0 Å². The molecule has 0 aliphatic carbocycles. The molecule has 0 unspecified atom stereocenters. The third-order valence-corrected chi connectivity index (χ3v) is 4.70. The number of hydrogen-bond acceptors (Lipinski definition) is 5. The lowest BCUT2D eigenvalue weighted by molar-refractivity contribution is 0.0127. The molecule has 0 fully saturated rings. The highest BCUT2D eigenvalue weighted by Crippen LogP contribution is 2.22. The summed E-state index contributed by atoms with van der Waals surface area (Å²) in [6, 6.07) is 5.99. The van der Waals surface area contributed by atoms with Gasteiger partial charge in [-0.3, -0.25) is 0 Å². The van der Waals surface area contributed by atoms with E-state index >= 15 is 0 Å². The van der Waals surface area contributed by atoms with Crippen LogP contribution in [0.3, 0.4) is 0 Å². The van der Waals surface area contributed by atoms with E-state index in [-0.39, 0.29) is 5.60 Å². The Bertz CT molecular complexity index is 808. The van der Waals surface area contributed by atoms with Gasteiger partial charge in [0.05, 0.1) is 22.3 Å². The summed E-state index contributed by atoms with van der Waals surface area (Å²) in [5, 5.41) is 11.3. The van der Waals surface area contributed by atoms with Gasteiger partial charge in [0, 0.05) is 13.5 Å². The second-order valence-electron chi connectivity index (χ2n) is 7.30. The molecule has 1 atom stereocenters. The van der Waals surface area contributed by atoms with Gasteiger partial charge in [-0.05, 0) is 54.8 Å². The molecule has 0 saturated carbocycles. The van der Waals surface area contributed by atoms with Gasteiger partial charge < -0.3 is 9.72 Å². The topological polar surface area (TPSA) is 81.5 Å². The first-order valence-electron chi connectivity index (χ1n) is 8.74. The standard InChI is InChI=1S/C18H26N6O/c1-13(6-5-9-18(2,3)25-4)10-17-20-15-8-7-14(11-16(15)21-17)24-12-19-22-23-24/h7-8,11-13H,5-6,9-10H2,1-4H3,(H,20,21)/t13-/m0/s1. The molecule has 0 bridgehead atoms. The first kappa shape index (κ1) is 17.5. The zero-order valence-corrected chi connectivity index (χ0v) is 15.4. The molecule has 0 spiro atoms. The summed E-state index contributed by atoms with van der Waals surface area (Å²) < 4.78 is 7.12. The third kappa shape index (κ3) is 4.42. The molecule has 0 amide bonds. The molecule has 0 aliphatic heterocycles. The van der Waals surface area contributed by atoms with E-state index in [2.05, 4.69) is 41.3 Å². The zero-order valence-electron chi connectivity index (χ0n) is 15.4. The number of H-pyrrole nitrogens is 1. The molecule has 7 heteroatoms. The maximum atomic E-state index is 5.48. The van der Waals surface area contributed by atoms with Gasteiger partial charge in [-0.15, -0.1) is 5.10 Å². The van der Waals surface area contributed by atoms with Crippen molar-refractivity contribution in [1.29, 1.82) is 0 Å². The van der Waals surface area contributed by atoms with Gasteiger partial charge in [0.15, 0.2) is 0 Å². The number of nitrogens with zero attached hydrogens (tertiary/aromatic N) is 5. The number of tetrazole rings is 1. The summed E-state index contributed by atoms with van der Waals surface area (Å²) in [7, 11) is 1.78. The Kier molecular flexibility index (Phi) is 5.13. The molecule has 3 rings (SSSR count). The molecule has 3 aromatic rings. The number of aromatic nitrogens is 6. The molecule has 25 heavy (non-hydrogen) atoms. The predicted octanol–water partition coefficient (Wildman–Crippen LogP) is 3.31. The number of fused-ring (bicyclic) bond motifs is 1. The Morgan fingerprint density at radius 3 is 2.88 bits per heavy atom. The van der Waals surface area contributed by atoms with Crippen LogP contribution in [0.25, 0.3) is 16.7 Å². The normalized spacial score (nSPS) is 13.4. The van der Waals surface area contributed by atoms with Gasteiger partial charge in [0.1, 0.15) is 12.2 Å². The first-order valence-corrected chi connectivity index (χ1v) is 8.74. The average Bonchev–Trinajstić information content (AvgIpc) is 3.23. The Labute approximate surface area is 147 Å². The minimum absolute atomic E-state index is 0.0360. The van der Waals surface area contributed by atoms with E-state index in [9.17, 15) is 0 Å². The van der Waals surface area contributed by atoms with Crippen LogP contribution in [-0.4, -0.2) is 42.9 Å². The first-order chi connectivity index (χ1) is 12.0. The van der Waals surface area contributed by atoms with Crippen molar-refractivity contribution in [3.05, 3.63) is 30.4 Å². The van der Waals surface area contributed by atoms with Crippen LogP contribution in [0, 0.1) is 5.92 Å². The number of aromatic amines is 1. The molecule has 7 nitrogen and oxygen atoms in total. The van der Waals surface area contributed by atoms with E-state index < -0.39 is 0 Å². The van der Waals surface area contributed by atoms with Crippen molar-refractivity contribution >= 4 is 11.0 Å². The molecular weight excluding hydrogens is 316 g/mol. The van der Waals surface area contributed by atoms with Crippen LogP contribution in [0.5, 0.6) is 0 Å². The smallest absolute Gasteiger partial charge is 0.143 e. The molecule has 0 saturated heterocycles. The van der Waals surface area contributed by atoms with Crippen molar-refractivity contribution in [2.75, 3.05) is 7.11 Å². The fourth-order valence-electron chi connectivity index (χ4n) is 2.98. The molecule has 0 radical (unpaired) electrons. The van der Waals surface area contributed by atoms with Crippen LogP contribution in [0.2, 0.25) is 0 Å². The van der Waals surface area contributed by atoms with E-state index in [4.69, 9.17) is 9.72 Å². The van der Waals surface area contributed by atoms with Crippen LogP contribution in [-0.2, 0) is 11.2 Å². The molecule has 0 aliphatic rings. The highest BCUT2D eigenvalue weighted by atomic mass is 16.5. The van der Waals surface area contributed by atoms with Crippen LogP contribution >= 0.6 is 0 Å². The molecule has 2 heterocycles. The average molecular weight is 342 g/mol. The largest absolute Gasteiger partial charge is 0.379 e. The monoisotopic (exact) mass is 342 g/mol. The van der Waals surface area contributed by atoms with E-state index in [0.29, 0.717) is 5.92 Å². The molecule has 1 aromatic carbocycles. The van der Waals surface area contributed by atoms with Crippen molar-refractivity contribution in [3.63, 3.8) is 0 Å². The molecular formula is C18H26N6O. The number of hydrogen-bond donors (Lipinski definition) is 1. The summed E-state index contributed by atoms with van der Waals surface area (Å²) in [5.41, 5.74) is 2.86. The summed E-state index contributed by atoms with van der Waals surface area (Å²) in [4.78, 5) is 8.14. The Morgan fingerprint density at radius 2 is 2.16 bits per heavy atom. The highest BCUT2D eigenvalue weighted by molar-refractivity contribution is 5.77. The number of ether oxygens (including phenoxy) is 1. The lowest BCUT2D eigenvalue weighted by atomic mass is 9.95. The fraction of sp³-hybridized carbons (Fsp3) is 0.556. The second-order valence-corrected chi connectivity index (χ2v) is 7.30. The zero-order chi connectivity index (χ0) is 17.9. The fourth-order valence-corrected chi connectivity index (χ4v) is 2.98. The number of imidazole rings is 1. The van der Waals surface area contributed by atoms with Gasteiger partial charge in [-0.2, -0.15) is 0 Å². The van der Waals surface area contributed by atoms with Crippen molar-refractivity contribution in [1.82, 2.24) is 30.2 Å². The van der Waals surface area contributed by atoms with Gasteiger partial charge in [-0.1, -0.05) is 19.8 Å². The lowest BCUT2D eigenvalue weighted by Crippen LogP contribution is -2.22. The van der Waals surface area contributed by atoms with E-state index in [1.807, 2.05) is 18.2 Å². The summed E-state index contributed by atoms with van der Waals surface area (Å²) >= 11 is 0. The Balaban J connectivity index is 1.62. The summed E-state index contributed by atoms with van der Waals surface area (Å²) in [6.07, 6.45) is 5.93. The highest BCUT2D eigenvalue weighted by Gasteiger charge is 2.16. The number of rotatable bonds is 8. The predicted molar refractivity (Wildman–Crippen MR) is 96.6 cm³/mol. The minimum atomic E-state index is -0.0360. The van der Waals surface area contributed by atoms with Crippen LogP contribution in [0.1, 0.15) is 45.9 Å². The van der Waals surface area contributed by atoms with Crippen LogP contribution < -0.4 is 0 Å². The van der Waals surface area contributed by atoms with Gasteiger partial charge in [-0.25, -0.2) is 9.67 Å². The van der Waals surface area contributed by atoms with E-state index in [1.54, 1.807) is 18.1 Å². The van der Waals surface area contributed by atoms with Crippen molar-refractivity contribution in [2.45, 2.75) is 52.1 Å². The SMILES string of the molecule is COC(C)(C)CCC[C@H](C)Cc1nc2ccc(-n3cnnn3)cc2[nH]1. The summed E-state index contributed by atoms with van der Waals surface area (Å²) in [5.74, 6) is 1.61. The number of methoxy groups -OCH3 is 1. The second kappa shape index (κ2) is 7.31. The third-order valence-electron chi connectivity index (χ3n) is 4.70. The van der Waals surface area contributed by atoms with Gasteiger partial charge >= 0.3 is 0 Å². The van der Waals surface area contributed by atoms with E-state index in [0.717, 1.165) is 41.8 Å². The summed E-state index contributed by atoms with van der Waals surface area (Å²) in [6.45, 7) is 6.55. The number of benzene rings is 1. The quantitative estimate of drug-likeness (QED) is 0.679. The van der Waals surface area contributed by atoms with Crippen molar-refractivity contribution in [2.24, 2.45) is 5.92 Å². The molecule has 1 N–H and O–H groups in total. The van der Waals surface area contributed by atoms with E-state index in [1.165, 1.54) is 6.42 Å². The van der Waals surface area contributed by atoms with Crippen LogP contribution in [0.15, 0.2) is 24.5 Å². The number of nitrogens with one attached hydrogen (secondary N) is 1. The Hall–Kier alpha value is -2.28. The minimum Gasteiger partial charge on any atom is -0.379 e. The molecule has 2 aromatic heterocycles.